The van der Waals surface area contributed by atoms with E-state index in [1.807, 2.05) is 23.1 Å². The predicted molar refractivity (Wildman–Crippen MR) is 90.8 cm³/mol. The maximum absolute atomic E-state index is 12.9. The maximum atomic E-state index is 12.9. The van der Waals surface area contributed by atoms with Crippen LogP contribution in [0.15, 0.2) is 30.3 Å². The molecule has 132 valence electrons. The standard InChI is InChI=1S/C19H27NO4/c1-22-11-12-24-18-7-9-20(19(21)16-8-10-23-14-16)17(18)13-15-5-3-2-4-6-15/h2-6,16-18H,7-14H2,1H3/t16?,17-,18+/m0/s1. The number of carbonyl (C=O) groups excluding carboxylic acids is 1. The summed E-state index contributed by atoms with van der Waals surface area (Å²) in [5, 5.41) is 0. The van der Waals surface area contributed by atoms with E-state index < -0.39 is 0 Å². The van der Waals surface area contributed by atoms with Crippen molar-refractivity contribution < 1.29 is 19.0 Å². The third-order valence-electron chi connectivity index (χ3n) is 4.95. The van der Waals surface area contributed by atoms with Gasteiger partial charge in [-0.2, -0.15) is 0 Å². The molecule has 2 aliphatic heterocycles. The summed E-state index contributed by atoms with van der Waals surface area (Å²) >= 11 is 0. The fourth-order valence-electron chi connectivity index (χ4n) is 3.64. The van der Waals surface area contributed by atoms with Crippen LogP contribution in [0.25, 0.3) is 0 Å². The van der Waals surface area contributed by atoms with Gasteiger partial charge < -0.3 is 19.1 Å². The van der Waals surface area contributed by atoms with Crippen molar-refractivity contribution in [3.05, 3.63) is 35.9 Å². The average molecular weight is 333 g/mol. The highest BCUT2D eigenvalue weighted by Gasteiger charge is 2.40. The topological polar surface area (TPSA) is 48.0 Å². The SMILES string of the molecule is COCCO[C@@H]1CCN(C(=O)C2CCOC2)[C@H]1Cc1ccccc1. The molecule has 1 aromatic carbocycles. The summed E-state index contributed by atoms with van der Waals surface area (Å²) in [6, 6.07) is 10.4. The molecule has 2 saturated heterocycles. The van der Waals surface area contributed by atoms with Crippen molar-refractivity contribution in [3.63, 3.8) is 0 Å². The van der Waals surface area contributed by atoms with Crippen LogP contribution in [0.5, 0.6) is 0 Å². The first-order chi connectivity index (χ1) is 11.8. The van der Waals surface area contributed by atoms with Gasteiger partial charge in [-0.25, -0.2) is 0 Å². The zero-order valence-electron chi connectivity index (χ0n) is 14.4. The highest BCUT2D eigenvalue weighted by Crippen LogP contribution is 2.28. The molecule has 3 rings (SSSR count). The van der Waals surface area contributed by atoms with E-state index in [0.717, 1.165) is 25.8 Å². The molecular formula is C19H27NO4. The van der Waals surface area contributed by atoms with E-state index in [0.29, 0.717) is 26.4 Å². The van der Waals surface area contributed by atoms with Crippen molar-refractivity contribution in [2.24, 2.45) is 5.92 Å². The van der Waals surface area contributed by atoms with Crippen LogP contribution in [0, 0.1) is 5.92 Å². The molecule has 0 bridgehead atoms. The molecule has 24 heavy (non-hydrogen) atoms. The largest absolute Gasteiger partial charge is 0.382 e. The van der Waals surface area contributed by atoms with Crippen molar-refractivity contribution in [1.82, 2.24) is 4.90 Å². The van der Waals surface area contributed by atoms with Gasteiger partial charge in [-0.15, -0.1) is 0 Å². The Balaban J connectivity index is 1.70. The Hall–Kier alpha value is -1.43. The van der Waals surface area contributed by atoms with Crippen LogP contribution in [0.1, 0.15) is 18.4 Å². The van der Waals surface area contributed by atoms with Gasteiger partial charge in [-0.1, -0.05) is 30.3 Å². The molecule has 0 aromatic heterocycles. The Morgan fingerprint density at radius 2 is 2.08 bits per heavy atom. The van der Waals surface area contributed by atoms with E-state index in [1.54, 1.807) is 7.11 Å². The molecule has 5 nitrogen and oxygen atoms in total. The predicted octanol–water partition coefficient (Wildman–Crippen LogP) is 1.90. The normalized spacial score (nSPS) is 26.9. The molecular weight excluding hydrogens is 306 g/mol. The Labute approximate surface area is 143 Å². The summed E-state index contributed by atoms with van der Waals surface area (Å²) in [7, 11) is 1.68. The van der Waals surface area contributed by atoms with Crippen LogP contribution in [0.2, 0.25) is 0 Å². The highest BCUT2D eigenvalue weighted by molar-refractivity contribution is 5.80. The second-order valence-electron chi connectivity index (χ2n) is 6.54. The number of hydrogen-bond acceptors (Lipinski definition) is 4. The number of ether oxygens (including phenoxy) is 3. The first kappa shape index (κ1) is 17.4. The van der Waals surface area contributed by atoms with Gasteiger partial charge in [0.1, 0.15) is 0 Å². The molecule has 0 radical (unpaired) electrons. The van der Waals surface area contributed by atoms with Crippen LogP contribution >= 0.6 is 0 Å². The van der Waals surface area contributed by atoms with E-state index in [2.05, 4.69) is 12.1 Å². The highest BCUT2D eigenvalue weighted by atomic mass is 16.5. The molecule has 0 N–H and O–H groups in total. The lowest BCUT2D eigenvalue weighted by Gasteiger charge is -2.30. The molecule has 0 saturated carbocycles. The second-order valence-corrected chi connectivity index (χ2v) is 6.54. The fourth-order valence-corrected chi connectivity index (χ4v) is 3.64. The minimum Gasteiger partial charge on any atom is -0.382 e. The summed E-state index contributed by atoms with van der Waals surface area (Å²) in [5.41, 5.74) is 1.24. The quantitative estimate of drug-likeness (QED) is 0.715. The lowest BCUT2D eigenvalue weighted by atomic mass is 10.0. The lowest BCUT2D eigenvalue weighted by molar-refractivity contribution is -0.137. The lowest BCUT2D eigenvalue weighted by Crippen LogP contribution is -2.45. The summed E-state index contributed by atoms with van der Waals surface area (Å²) in [5.74, 6) is 0.243. The maximum Gasteiger partial charge on any atom is 0.228 e. The molecule has 2 aliphatic rings. The molecule has 2 fully saturated rings. The molecule has 2 heterocycles. The van der Waals surface area contributed by atoms with Crippen molar-refractivity contribution in [1.29, 1.82) is 0 Å². The van der Waals surface area contributed by atoms with Gasteiger partial charge in [0.2, 0.25) is 5.91 Å². The van der Waals surface area contributed by atoms with Crippen molar-refractivity contribution in [3.8, 4) is 0 Å². The summed E-state index contributed by atoms with van der Waals surface area (Å²) in [6.45, 7) is 3.18. The fraction of sp³-hybridized carbons (Fsp3) is 0.632. The van der Waals surface area contributed by atoms with Crippen molar-refractivity contribution in [2.45, 2.75) is 31.4 Å². The zero-order valence-corrected chi connectivity index (χ0v) is 14.4. The Kier molecular flexibility index (Phi) is 6.24. The first-order valence-corrected chi connectivity index (χ1v) is 8.82. The number of amides is 1. The van der Waals surface area contributed by atoms with Crippen LogP contribution in [-0.4, -0.2) is 63.0 Å². The van der Waals surface area contributed by atoms with E-state index in [1.165, 1.54) is 5.56 Å². The second kappa shape index (κ2) is 8.60. The van der Waals surface area contributed by atoms with Crippen molar-refractivity contribution in [2.75, 3.05) is 40.1 Å². The van der Waals surface area contributed by atoms with Gasteiger partial charge in [0.05, 0.1) is 37.9 Å². The van der Waals surface area contributed by atoms with E-state index in [9.17, 15) is 4.79 Å². The van der Waals surface area contributed by atoms with Gasteiger partial charge in [-0.3, -0.25) is 4.79 Å². The summed E-state index contributed by atoms with van der Waals surface area (Å²) < 4.78 is 16.5. The average Bonchev–Trinajstić information content (AvgIpc) is 3.26. The van der Waals surface area contributed by atoms with Crippen LogP contribution in [-0.2, 0) is 25.4 Å². The number of nitrogens with zero attached hydrogens (tertiary/aromatic N) is 1. The smallest absolute Gasteiger partial charge is 0.228 e. The number of rotatable bonds is 7. The molecule has 3 atom stereocenters. The van der Waals surface area contributed by atoms with Gasteiger partial charge in [0.15, 0.2) is 0 Å². The van der Waals surface area contributed by atoms with Gasteiger partial charge in [-0.05, 0) is 24.8 Å². The van der Waals surface area contributed by atoms with Crippen LogP contribution < -0.4 is 0 Å². The number of likely N-dealkylation sites (tertiary alicyclic amines) is 1. The van der Waals surface area contributed by atoms with E-state index in [4.69, 9.17) is 14.2 Å². The molecule has 1 amide bonds. The zero-order chi connectivity index (χ0) is 16.8. The minimum absolute atomic E-state index is 0.0148. The number of methoxy groups -OCH3 is 1. The molecule has 0 spiro atoms. The Morgan fingerprint density at radius 3 is 2.79 bits per heavy atom. The Morgan fingerprint density at radius 1 is 1.25 bits per heavy atom. The van der Waals surface area contributed by atoms with Gasteiger partial charge in [0.25, 0.3) is 0 Å². The number of benzene rings is 1. The van der Waals surface area contributed by atoms with E-state index in [-0.39, 0.29) is 24.0 Å². The minimum atomic E-state index is 0.0148. The summed E-state index contributed by atoms with van der Waals surface area (Å²) in [4.78, 5) is 14.9. The first-order valence-electron chi connectivity index (χ1n) is 8.82. The molecule has 1 unspecified atom stereocenters. The van der Waals surface area contributed by atoms with E-state index >= 15 is 0 Å². The summed E-state index contributed by atoms with van der Waals surface area (Å²) in [6.07, 6.45) is 2.63. The third kappa shape index (κ3) is 4.15. The van der Waals surface area contributed by atoms with Gasteiger partial charge in [0, 0.05) is 20.3 Å². The Bertz CT molecular complexity index is 515. The monoisotopic (exact) mass is 333 g/mol. The number of hydrogen-bond donors (Lipinski definition) is 0. The van der Waals surface area contributed by atoms with Crippen molar-refractivity contribution >= 4 is 5.91 Å². The van der Waals surface area contributed by atoms with Crippen LogP contribution in [0.3, 0.4) is 0 Å². The van der Waals surface area contributed by atoms with Gasteiger partial charge >= 0.3 is 0 Å². The number of carbonyl (C=O) groups is 1. The van der Waals surface area contributed by atoms with Crippen LogP contribution in [0.4, 0.5) is 0 Å². The molecule has 1 aromatic rings. The molecule has 5 heteroatoms. The third-order valence-corrected chi connectivity index (χ3v) is 4.95. The molecule has 0 aliphatic carbocycles.